The molecule has 2 aromatic carbocycles. The van der Waals surface area contributed by atoms with Gasteiger partial charge in [-0.1, -0.05) is 26.0 Å². The standard InChI is InChI=1S/C19H23N3O3S/c1-12(2)13-5-7-14(8-6-13)20-19(26)22-21-18(23)16-11-15(24-3)9-10-17(16)25-4/h5-12H,1-4H3,(H,21,23)(H2,20,22,26). The van der Waals surface area contributed by atoms with Gasteiger partial charge in [0.25, 0.3) is 5.91 Å². The first kappa shape index (κ1) is 19.5. The third-order valence-electron chi connectivity index (χ3n) is 3.78. The first-order chi connectivity index (χ1) is 12.4. The van der Waals surface area contributed by atoms with Crippen LogP contribution in [0.15, 0.2) is 42.5 Å². The summed E-state index contributed by atoms with van der Waals surface area (Å²) in [5, 5.41) is 3.29. The van der Waals surface area contributed by atoms with E-state index in [0.29, 0.717) is 23.0 Å². The molecule has 1 amide bonds. The van der Waals surface area contributed by atoms with Gasteiger partial charge in [-0.05, 0) is 54.0 Å². The summed E-state index contributed by atoms with van der Waals surface area (Å²) in [7, 11) is 3.03. The van der Waals surface area contributed by atoms with Gasteiger partial charge in [-0.2, -0.15) is 0 Å². The van der Waals surface area contributed by atoms with Crippen LogP contribution in [0.4, 0.5) is 5.69 Å². The second-order valence-corrected chi connectivity index (χ2v) is 6.28. The number of rotatable bonds is 5. The largest absolute Gasteiger partial charge is 0.497 e. The summed E-state index contributed by atoms with van der Waals surface area (Å²) in [6, 6.07) is 12.9. The molecule has 2 aromatic rings. The van der Waals surface area contributed by atoms with E-state index in [4.69, 9.17) is 21.7 Å². The summed E-state index contributed by atoms with van der Waals surface area (Å²) in [5.74, 6) is 1.07. The molecule has 26 heavy (non-hydrogen) atoms. The maximum absolute atomic E-state index is 12.4. The van der Waals surface area contributed by atoms with Crippen molar-refractivity contribution in [1.29, 1.82) is 0 Å². The fraction of sp³-hybridized carbons (Fsp3) is 0.263. The van der Waals surface area contributed by atoms with Crippen molar-refractivity contribution in [3.05, 3.63) is 53.6 Å². The van der Waals surface area contributed by atoms with E-state index in [1.54, 1.807) is 18.2 Å². The maximum atomic E-state index is 12.4. The lowest BCUT2D eigenvalue weighted by atomic mass is 10.0. The summed E-state index contributed by atoms with van der Waals surface area (Å²) in [5.41, 5.74) is 7.64. The fourth-order valence-corrected chi connectivity index (χ4v) is 2.45. The zero-order chi connectivity index (χ0) is 19.1. The lowest BCUT2D eigenvalue weighted by molar-refractivity contribution is 0.0940. The molecular formula is C19H23N3O3S. The maximum Gasteiger partial charge on any atom is 0.273 e. The van der Waals surface area contributed by atoms with Crippen LogP contribution >= 0.6 is 12.2 Å². The summed E-state index contributed by atoms with van der Waals surface area (Å²) in [4.78, 5) is 12.4. The lowest BCUT2D eigenvalue weighted by Gasteiger charge is -2.14. The van der Waals surface area contributed by atoms with Crippen LogP contribution in [0, 0.1) is 0 Å². The number of carbonyl (C=O) groups excluding carboxylic acids is 1. The second-order valence-electron chi connectivity index (χ2n) is 5.88. The molecule has 0 aliphatic heterocycles. The Labute approximate surface area is 158 Å². The van der Waals surface area contributed by atoms with Gasteiger partial charge < -0.3 is 14.8 Å². The molecule has 6 nitrogen and oxygen atoms in total. The van der Waals surface area contributed by atoms with Gasteiger partial charge in [0.1, 0.15) is 11.5 Å². The Morgan fingerprint density at radius 1 is 1.00 bits per heavy atom. The minimum absolute atomic E-state index is 0.275. The van der Waals surface area contributed by atoms with Crippen molar-refractivity contribution >= 4 is 28.9 Å². The van der Waals surface area contributed by atoms with Gasteiger partial charge in [-0.25, -0.2) is 0 Å². The van der Waals surface area contributed by atoms with Crippen LogP contribution in [0.5, 0.6) is 11.5 Å². The van der Waals surface area contributed by atoms with Crippen LogP contribution < -0.4 is 25.6 Å². The molecule has 2 rings (SSSR count). The van der Waals surface area contributed by atoms with E-state index in [2.05, 4.69) is 30.0 Å². The molecule has 0 fully saturated rings. The molecule has 0 saturated heterocycles. The lowest BCUT2D eigenvalue weighted by Crippen LogP contribution is -2.43. The molecule has 7 heteroatoms. The molecule has 0 spiro atoms. The van der Waals surface area contributed by atoms with Gasteiger partial charge in [-0.15, -0.1) is 0 Å². The Morgan fingerprint density at radius 3 is 2.27 bits per heavy atom. The zero-order valence-corrected chi connectivity index (χ0v) is 16.1. The number of carbonyl (C=O) groups is 1. The first-order valence-electron chi connectivity index (χ1n) is 8.14. The highest BCUT2D eigenvalue weighted by atomic mass is 32.1. The number of hydrogen-bond donors (Lipinski definition) is 3. The Bertz CT molecular complexity index is 776. The fourth-order valence-electron chi connectivity index (χ4n) is 2.29. The number of thiocarbonyl (C=S) groups is 1. The summed E-state index contributed by atoms with van der Waals surface area (Å²) >= 11 is 5.21. The van der Waals surface area contributed by atoms with Crippen molar-refractivity contribution in [2.24, 2.45) is 0 Å². The molecule has 0 radical (unpaired) electrons. The van der Waals surface area contributed by atoms with E-state index in [1.807, 2.05) is 24.3 Å². The van der Waals surface area contributed by atoms with Crippen molar-refractivity contribution in [3.8, 4) is 11.5 Å². The van der Waals surface area contributed by atoms with Crippen LogP contribution in [0.3, 0.4) is 0 Å². The Balaban J connectivity index is 1.95. The molecule has 3 N–H and O–H groups in total. The van der Waals surface area contributed by atoms with Gasteiger partial charge >= 0.3 is 0 Å². The second kappa shape index (κ2) is 9.05. The Hall–Kier alpha value is -2.80. The van der Waals surface area contributed by atoms with Crippen molar-refractivity contribution in [2.45, 2.75) is 19.8 Å². The van der Waals surface area contributed by atoms with Crippen molar-refractivity contribution in [3.63, 3.8) is 0 Å². The summed E-state index contributed by atoms with van der Waals surface area (Å²) in [6.07, 6.45) is 0. The van der Waals surface area contributed by atoms with E-state index in [9.17, 15) is 4.79 Å². The van der Waals surface area contributed by atoms with Gasteiger partial charge in [-0.3, -0.25) is 15.6 Å². The quantitative estimate of drug-likeness (QED) is 0.551. The molecule has 0 bridgehead atoms. The normalized spacial score (nSPS) is 10.2. The predicted molar refractivity (Wildman–Crippen MR) is 107 cm³/mol. The van der Waals surface area contributed by atoms with E-state index >= 15 is 0 Å². The van der Waals surface area contributed by atoms with Gasteiger partial charge in [0.05, 0.1) is 19.8 Å². The van der Waals surface area contributed by atoms with Crippen LogP contribution in [-0.2, 0) is 0 Å². The van der Waals surface area contributed by atoms with Gasteiger partial charge in [0, 0.05) is 5.69 Å². The van der Waals surface area contributed by atoms with E-state index in [0.717, 1.165) is 5.69 Å². The van der Waals surface area contributed by atoms with Crippen LogP contribution in [0.1, 0.15) is 35.7 Å². The highest BCUT2D eigenvalue weighted by molar-refractivity contribution is 7.80. The topological polar surface area (TPSA) is 71.6 Å². The molecule has 0 unspecified atom stereocenters. The number of nitrogens with one attached hydrogen (secondary N) is 3. The molecule has 0 aromatic heterocycles. The SMILES string of the molecule is COc1ccc(OC)c(C(=O)NNC(=S)Nc2ccc(C(C)C)cc2)c1. The van der Waals surface area contributed by atoms with Crippen LogP contribution in [0.25, 0.3) is 0 Å². The average molecular weight is 373 g/mol. The van der Waals surface area contributed by atoms with E-state index in [1.165, 1.54) is 19.8 Å². The molecule has 0 heterocycles. The number of benzene rings is 2. The minimum Gasteiger partial charge on any atom is -0.497 e. The molecular weight excluding hydrogens is 350 g/mol. The van der Waals surface area contributed by atoms with E-state index < -0.39 is 0 Å². The van der Waals surface area contributed by atoms with Gasteiger partial charge in [0.2, 0.25) is 0 Å². The Morgan fingerprint density at radius 2 is 1.69 bits per heavy atom. The third-order valence-corrected chi connectivity index (χ3v) is 3.98. The monoisotopic (exact) mass is 373 g/mol. The third kappa shape index (κ3) is 5.10. The zero-order valence-electron chi connectivity index (χ0n) is 15.3. The highest BCUT2D eigenvalue weighted by Gasteiger charge is 2.14. The molecule has 138 valence electrons. The summed E-state index contributed by atoms with van der Waals surface area (Å²) in [6.45, 7) is 4.27. The first-order valence-corrected chi connectivity index (χ1v) is 8.54. The number of amides is 1. The number of hydrogen-bond acceptors (Lipinski definition) is 4. The van der Waals surface area contributed by atoms with Crippen molar-refractivity contribution in [2.75, 3.05) is 19.5 Å². The van der Waals surface area contributed by atoms with E-state index in [-0.39, 0.29) is 11.0 Å². The Kier molecular flexibility index (Phi) is 6.80. The van der Waals surface area contributed by atoms with Crippen LogP contribution in [0.2, 0.25) is 0 Å². The predicted octanol–water partition coefficient (Wildman–Crippen LogP) is 3.46. The number of methoxy groups -OCH3 is 2. The number of anilines is 1. The minimum atomic E-state index is -0.389. The number of ether oxygens (including phenoxy) is 2. The van der Waals surface area contributed by atoms with Gasteiger partial charge in [0.15, 0.2) is 5.11 Å². The highest BCUT2D eigenvalue weighted by Crippen LogP contribution is 2.23. The van der Waals surface area contributed by atoms with Crippen LogP contribution in [-0.4, -0.2) is 25.2 Å². The molecule has 0 atom stereocenters. The number of hydrazine groups is 1. The molecule has 0 aliphatic rings. The van der Waals surface area contributed by atoms with Crippen molar-refractivity contribution in [1.82, 2.24) is 10.9 Å². The molecule has 0 aliphatic carbocycles. The smallest absolute Gasteiger partial charge is 0.273 e. The summed E-state index contributed by atoms with van der Waals surface area (Å²) < 4.78 is 10.3. The van der Waals surface area contributed by atoms with Crippen molar-refractivity contribution < 1.29 is 14.3 Å². The molecule has 0 saturated carbocycles. The average Bonchev–Trinajstić information content (AvgIpc) is 2.65.